The summed E-state index contributed by atoms with van der Waals surface area (Å²) in [6.45, 7) is 1.62. The Hall–Kier alpha value is -1.60. The summed E-state index contributed by atoms with van der Waals surface area (Å²) in [6, 6.07) is 13.4. The van der Waals surface area contributed by atoms with Crippen molar-refractivity contribution >= 4 is 51.7 Å². The van der Waals surface area contributed by atoms with Gasteiger partial charge in [-0.25, -0.2) is 0 Å². The highest BCUT2D eigenvalue weighted by atomic mass is 127. The molecular weight excluding hydrogens is 415 g/mol. The van der Waals surface area contributed by atoms with E-state index >= 15 is 0 Å². The number of carbonyl (C=O) groups excluding carboxylic acids is 2. The molecule has 2 rings (SSSR count). The number of amides is 2. The number of hydrogen-bond acceptors (Lipinski definition) is 2. The minimum Gasteiger partial charge on any atom is -0.340 e. The van der Waals surface area contributed by atoms with Gasteiger partial charge in [-0.1, -0.05) is 23.7 Å². The molecule has 0 aromatic heterocycles. The van der Waals surface area contributed by atoms with E-state index in [1.165, 1.54) is 0 Å². The van der Waals surface area contributed by atoms with Crippen LogP contribution in [0, 0.1) is 3.57 Å². The maximum atomic E-state index is 12.1. The first kappa shape index (κ1) is 16.8. The summed E-state index contributed by atoms with van der Waals surface area (Å²) >= 11 is 8.15. The van der Waals surface area contributed by atoms with E-state index in [-0.39, 0.29) is 11.8 Å². The number of hydrogen-bond donors (Lipinski definition) is 2. The molecule has 0 aliphatic carbocycles. The zero-order valence-corrected chi connectivity index (χ0v) is 14.7. The number of rotatable bonds is 4. The molecule has 1 atom stereocenters. The van der Waals surface area contributed by atoms with Gasteiger partial charge in [0.25, 0.3) is 5.91 Å². The van der Waals surface area contributed by atoms with Gasteiger partial charge in [0.1, 0.15) is 6.04 Å². The molecule has 0 saturated carbocycles. The molecule has 0 radical (unpaired) electrons. The zero-order valence-electron chi connectivity index (χ0n) is 11.8. The molecule has 0 unspecified atom stereocenters. The van der Waals surface area contributed by atoms with Crippen molar-refractivity contribution in [1.82, 2.24) is 5.32 Å². The fraction of sp³-hybridized carbons (Fsp3) is 0.125. The van der Waals surface area contributed by atoms with E-state index in [4.69, 9.17) is 11.6 Å². The van der Waals surface area contributed by atoms with E-state index in [2.05, 4.69) is 33.2 Å². The molecule has 0 aliphatic heterocycles. The van der Waals surface area contributed by atoms with Gasteiger partial charge in [-0.05, 0) is 65.9 Å². The van der Waals surface area contributed by atoms with Gasteiger partial charge in [0.15, 0.2) is 0 Å². The summed E-state index contributed by atoms with van der Waals surface area (Å²) in [6.07, 6.45) is 0. The summed E-state index contributed by atoms with van der Waals surface area (Å²) < 4.78 is 1.08. The van der Waals surface area contributed by atoms with Crippen LogP contribution in [0.1, 0.15) is 17.3 Å². The maximum absolute atomic E-state index is 12.1. The predicted octanol–water partition coefficient (Wildman–Crippen LogP) is 3.70. The molecular formula is C16H14ClIN2O2. The van der Waals surface area contributed by atoms with Gasteiger partial charge in [-0.2, -0.15) is 0 Å². The largest absolute Gasteiger partial charge is 0.340 e. The van der Waals surface area contributed by atoms with Crippen molar-refractivity contribution in [2.24, 2.45) is 0 Å². The average Bonchev–Trinajstić information content (AvgIpc) is 2.49. The highest BCUT2D eigenvalue weighted by Gasteiger charge is 2.18. The van der Waals surface area contributed by atoms with Crippen LogP contribution in [0.2, 0.25) is 5.02 Å². The SMILES string of the molecule is C[C@@H](NC(=O)c1ccccc1Cl)C(=O)Nc1ccc(I)cc1. The van der Waals surface area contributed by atoms with Crippen molar-refractivity contribution in [2.45, 2.75) is 13.0 Å². The van der Waals surface area contributed by atoms with E-state index < -0.39 is 6.04 Å². The van der Waals surface area contributed by atoms with Crippen molar-refractivity contribution in [1.29, 1.82) is 0 Å². The van der Waals surface area contributed by atoms with Gasteiger partial charge in [-0.3, -0.25) is 9.59 Å². The summed E-state index contributed by atoms with van der Waals surface area (Å²) in [5, 5.41) is 5.73. The maximum Gasteiger partial charge on any atom is 0.253 e. The monoisotopic (exact) mass is 428 g/mol. The van der Waals surface area contributed by atoms with Crippen LogP contribution >= 0.6 is 34.2 Å². The lowest BCUT2D eigenvalue weighted by Gasteiger charge is -2.14. The first-order valence-electron chi connectivity index (χ1n) is 6.59. The van der Waals surface area contributed by atoms with Gasteiger partial charge >= 0.3 is 0 Å². The number of carbonyl (C=O) groups is 2. The lowest BCUT2D eigenvalue weighted by Crippen LogP contribution is -2.41. The van der Waals surface area contributed by atoms with Crippen molar-refractivity contribution in [2.75, 3.05) is 5.32 Å². The molecule has 6 heteroatoms. The molecule has 0 saturated heterocycles. The van der Waals surface area contributed by atoms with Crippen LogP contribution in [0.15, 0.2) is 48.5 Å². The Morgan fingerprint density at radius 3 is 2.36 bits per heavy atom. The zero-order chi connectivity index (χ0) is 16.1. The topological polar surface area (TPSA) is 58.2 Å². The second-order valence-electron chi connectivity index (χ2n) is 4.67. The van der Waals surface area contributed by atoms with E-state index in [9.17, 15) is 9.59 Å². The normalized spacial score (nSPS) is 11.6. The third kappa shape index (κ3) is 4.45. The molecule has 0 fully saturated rings. The molecule has 0 aliphatic rings. The van der Waals surface area contributed by atoms with Crippen LogP contribution in [0.5, 0.6) is 0 Å². The third-order valence-electron chi connectivity index (χ3n) is 2.97. The minimum absolute atomic E-state index is 0.290. The Labute approximate surface area is 147 Å². The van der Waals surface area contributed by atoms with Crippen LogP contribution < -0.4 is 10.6 Å². The third-order valence-corrected chi connectivity index (χ3v) is 4.02. The summed E-state index contributed by atoms with van der Waals surface area (Å²) in [5.74, 6) is -0.669. The average molecular weight is 429 g/mol. The molecule has 0 spiro atoms. The molecule has 2 N–H and O–H groups in total. The molecule has 22 heavy (non-hydrogen) atoms. The number of halogens is 2. The molecule has 4 nitrogen and oxygen atoms in total. The second kappa shape index (κ2) is 7.60. The van der Waals surface area contributed by atoms with E-state index in [0.717, 1.165) is 3.57 Å². The predicted molar refractivity (Wildman–Crippen MR) is 96.2 cm³/mol. The van der Waals surface area contributed by atoms with E-state index in [0.29, 0.717) is 16.3 Å². The van der Waals surface area contributed by atoms with Crippen LogP contribution in [0.3, 0.4) is 0 Å². The Morgan fingerprint density at radius 2 is 1.73 bits per heavy atom. The fourth-order valence-corrected chi connectivity index (χ4v) is 2.35. The summed E-state index contributed by atoms with van der Waals surface area (Å²) in [5.41, 5.74) is 1.03. The quantitative estimate of drug-likeness (QED) is 0.730. The van der Waals surface area contributed by atoms with Gasteiger partial charge in [0, 0.05) is 9.26 Å². The molecule has 114 valence electrons. The standard InChI is InChI=1S/C16H14ClIN2O2/c1-10(15(21)20-12-8-6-11(18)7-9-12)19-16(22)13-4-2-3-5-14(13)17/h2-10H,1H3,(H,19,22)(H,20,21)/t10-/m1/s1. The highest BCUT2D eigenvalue weighted by molar-refractivity contribution is 14.1. The van der Waals surface area contributed by atoms with Gasteiger partial charge in [0.2, 0.25) is 5.91 Å². The van der Waals surface area contributed by atoms with Crippen molar-refractivity contribution in [3.63, 3.8) is 0 Å². The highest BCUT2D eigenvalue weighted by Crippen LogP contribution is 2.15. The van der Waals surface area contributed by atoms with Gasteiger partial charge in [0.05, 0.1) is 10.6 Å². The van der Waals surface area contributed by atoms with Gasteiger partial charge < -0.3 is 10.6 Å². The van der Waals surface area contributed by atoms with Crippen molar-refractivity contribution < 1.29 is 9.59 Å². The van der Waals surface area contributed by atoms with Crippen LogP contribution in [0.4, 0.5) is 5.69 Å². The second-order valence-corrected chi connectivity index (χ2v) is 6.32. The summed E-state index contributed by atoms with van der Waals surface area (Å²) in [4.78, 5) is 24.2. The fourth-order valence-electron chi connectivity index (χ4n) is 1.77. The Morgan fingerprint density at radius 1 is 1.09 bits per heavy atom. The van der Waals surface area contributed by atoms with Crippen molar-refractivity contribution in [3.05, 3.63) is 62.7 Å². The van der Waals surface area contributed by atoms with Crippen LogP contribution in [-0.2, 0) is 4.79 Å². The Balaban J connectivity index is 1.98. The number of anilines is 1. The molecule has 2 aromatic carbocycles. The van der Waals surface area contributed by atoms with E-state index in [1.807, 2.05) is 24.3 Å². The molecule has 0 bridgehead atoms. The Bertz CT molecular complexity index is 689. The lowest BCUT2D eigenvalue weighted by atomic mass is 10.2. The molecule has 2 amide bonds. The smallest absolute Gasteiger partial charge is 0.253 e. The van der Waals surface area contributed by atoms with Crippen molar-refractivity contribution in [3.8, 4) is 0 Å². The first-order valence-corrected chi connectivity index (χ1v) is 8.05. The minimum atomic E-state index is -0.678. The van der Waals surface area contributed by atoms with Gasteiger partial charge in [-0.15, -0.1) is 0 Å². The molecule has 2 aromatic rings. The number of benzene rings is 2. The first-order chi connectivity index (χ1) is 10.5. The van der Waals surface area contributed by atoms with E-state index in [1.54, 1.807) is 31.2 Å². The molecule has 0 heterocycles. The Kier molecular flexibility index (Phi) is 5.79. The number of nitrogens with one attached hydrogen (secondary N) is 2. The lowest BCUT2D eigenvalue weighted by molar-refractivity contribution is -0.117. The summed E-state index contributed by atoms with van der Waals surface area (Å²) in [7, 11) is 0. The van der Waals surface area contributed by atoms with Crippen LogP contribution in [-0.4, -0.2) is 17.9 Å². The van der Waals surface area contributed by atoms with Crippen LogP contribution in [0.25, 0.3) is 0 Å².